The molecule has 0 saturated carbocycles. The van der Waals surface area contributed by atoms with Crippen molar-refractivity contribution in [1.82, 2.24) is 46.4 Å². The molecule has 4 aromatic rings. The van der Waals surface area contributed by atoms with Gasteiger partial charge in [-0.15, -0.1) is 11.3 Å². The van der Waals surface area contributed by atoms with Gasteiger partial charge in [-0.05, 0) is 67.5 Å². The molecule has 3 unspecified atom stereocenters. The van der Waals surface area contributed by atoms with Gasteiger partial charge in [-0.1, -0.05) is 55.3 Å². The molecule has 4 aliphatic rings. The van der Waals surface area contributed by atoms with Crippen LogP contribution in [-0.4, -0.2) is 189 Å². The molecule has 4 fully saturated rings. The number of fused-ring (bicyclic) bond motifs is 2. The molecule has 6 heterocycles. The minimum absolute atomic E-state index is 0.0242. The van der Waals surface area contributed by atoms with Gasteiger partial charge in [0.2, 0.25) is 23.6 Å². The number of ketones is 1. The highest BCUT2D eigenvalue weighted by atomic mass is 32.2. The number of nitrogens with zero attached hydrogens (tertiary/aromatic N) is 5. The van der Waals surface area contributed by atoms with E-state index in [-0.39, 0.29) is 79.0 Å². The van der Waals surface area contributed by atoms with Gasteiger partial charge in [0.15, 0.2) is 17.4 Å². The molecule has 0 radical (unpaired) electrons. The summed E-state index contributed by atoms with van der Waals surface area (Å²) in [5, 5.41) is 25.3. The van der Waals surface area contributed by atoms with Gasteiger partial charge in [-0.25, -0.2) is 14.8 Å². The summed E-state index contributed by atoms with van der Waals surface area (Å²) in [5.74, 6) is 2.27. The number of carbonyl (C=O) groups excluding carboxylic acids is 6. The summed E-state index contributed by atoms with van der Waals surface area (Å²) >= 11 is 3.62. The number of thioether (sulfide) groups is 1. The smallest absolute Gasteiger partial charge is 0.315 e. The Morgan fingerprint density at radius 3 is 2.12 bits per heavy atom. The van der Waals surface area contributed by atoms with Crippen LogP contribution in [0.2, 0.25) is 0 Å². The van der Waals surface area contributed by atoms with Gasteiger partial charge in [0.1, 0.15) is 5.75 Å². The Morgan fingerprint density at radius 1 is 0.723 bits per heavy atom. The molecule has 2 aromatic heterocycles. The van der Waals surface area contributed by atoms with Crippen LogP contribution in [0.15, 0.2) is 60.7 Å². The minimum atomic E-state index is -0.137. The fourth-order valence-corrected chi connectivity index (χ4v) is 13.0. The van der Waals surface area contributed by atoms with Crippen LogP contribution in [0.25, 0.3) is 27.7 Å². The second kappa shape index (κ2) is 33.9. The number of morpholine rings is 1. The summed E-state index contributed by atoms with van der Waals surface area (Å²) in [4.78, 5) is 91.9. The molecule has 3 atom stereocenters. The Bertz CT molecular complexity index is 2770. The molecule has 8 rings (SSSR count). The Morgan fingerprint density at radius 2 is 1.41 bits per heavy atom. The number of allylic oxidation sites excluding steroid dienone is 1. The van der Waals surface area contributed by atoms with Crippen molar-refractivity contribution < 1.29 is 52.8 Å². The number of anilines is 1. The standard InChI is InChI=1S/C60H82N10O11S2/c71-46(20-21-55(76)69-26-24-68(25-27-69)41-48-39-49-57(83-48)59(70-28-32-80-33-29-70)67-58(64-49)45-8-4-9-47(72)38-45)19-18-43-14-16-44(17-15-43)40-63-54(75)13-5-12-53(74)62-23-7-31-79-35-37-81-36-34-78-30-6-22-61-52(73)11-3-1-2-10-51-56-50(42-82-51)65-60(77)66-56/h4,8-9,14-19,38-39,50-51,56,72H,1-3,5-7,10-13,20-37,40-42H2,(H,61,73)(H,62,74)(H,63,75)(H2,65,66,77). The number of carbonyl (C=O) groups is 6. The van der Waals surface area contributed by atoms with Gasteiger partial charge >= 0.3 is 6.03 Å². The number of hydrogen-bond donors (Lipinski definition) is 6. The number of phenolic OH excluding ortho intramolecular Hbond substituents is 1. The van der Waals surface area contributed by atoms with Crippen molar-refractivity contribution in [3.05, 3.63) is 76.7 Å². The number of hydrogen-bond acceptors (Lipinski definition) is 17. The number of unbranched alkanes of at least 4 members (excludes halogenated alkanes) is 2. The lowest BCUT2D eigenvalue weighted by molar-refractivity contribution is -0.134. The van der Waals surface area contributed by atoms with Crippen molar-refractivity contribution in [2.45, 2.75) is 107 Å². The average molecular weight is 1180 g/mol. The Kier molecular flexibility index (Phi) is 25.7. The third-order valence-corrected chi connectivity index (χ3v) is 17.5. The van der Waals surface area contributed by atoms with E-state index in [0.29, 0.717) is 116 Å². The molecule has 450 valence electrons. The monoisotopic (exact) mass is 1180 g/mol. The first kappa shape index (κ1) is 62.8. The van der Waals surface area contributed by atoms with Crippen molar-refractivity contribution >= 4 is 80.7 Å². The lowest BCUT2D eigenvalue weighted by Crippen LogP contribution is -2.48. The summed E-state index contributed by atoms with van der Waals surface area (Å²) in [6, 6.07) is 17.1. The van der Waals surface area contributed by atoms with Gasteiger partial charge in [-0.3, -0.25) is 28.9 Å². The normalized spacial score (nSPS) is 18.1. The highest BCUT2D eigenvalue weighted by Gasteiger charge is 2.42. The molecule has 83 heavy (non-hydrogen) atoms. The lowest BCUT2D eigenvalue weighted by Gasteiger charge is -2.34. The summed E-state index contributed by atoms with van der Waals surface area (Å²) in [5.41, 5.74) is 3.36. The number of aromatic hydroxyl groups is 1. The van der Waals surface area contributed by atoms with Crippen LogP contribution in [0.4, 0.5) is 10.6 Å². The molecule has 2 aromatic carbocycles. The van der Waals surface area contributed by atoms with Crippen LogP contribution in [0, 0.1) is 0 Å². The summed E-state index contributed by atoms with van der Waals surface area (Å²) in [6.07, 6.45) is 10.4. The van der Waals surface area contributed by atoms with Crippen molar-refractivity contribution in [3.63, 3.8) is 0 Å². The molecule has 4 aliphatic heterocycles. The van der Waals surface area contributed by atoms with Crippen LogP contribution in [0.3, 0.4) is 0 Å². The summed E-state index contributed by atoms with van der Waals surface area (Å²) in [7, 11) is 0. The van der Waals surface area contributed by atoms with Crippen LogP contribution in [-0.2, 0) is 56.0 Å². The molecule has 0 spiro atoms. The van der Waals surface area contributed by atoms with Crippen LogP contribution >= 0.6 is 23.1 Å². The molecule has 23 heteroatoms. The maximum absolute atomic E-state index is 13.2. The number of thiophene rings is 1. The third kappa shape index (κ3) is 21.1. The number of phenols is 1. The van der Waals surface area contributed by atoms with E-state index in [1.807, 2.05) is 47.0 Å². The SMILES string of the molecule is O=C(C=Cc1ccc(CNC(=O)CCCC(=O)NCCCOCCOCCOCCCNC(=O)CCCCCC2SCC3NC(=O)NC32)cc1)CCC(=O)N1CCN(Cc2cc3nc(-c4cccc(O)c4)nc(N4CCOCC4)c3s2)CC1. The predicted octanol–water partition coefficient (Wildman–Crippen LogP) is 5.57. The molecule has 4 saturated heterocycles. The second-order valence-electron chi connectivity index (χ2n) is 21.2. The number of ether oxygens (including phenoxy) is 4. The van der Waals surface area contributed by atoms with Crippen molar-refractivity contribution in [3.8, 4) is 17.1 Å². The fourth-order valence-electron chi connectivity index (χ4n) is 10.3. The molecule has 0 bridgehead atoms. The zero-order chi connectivity index (χ0) is 58.0. The maximum Gasteiger partial charge on any atom is 0.315 e. The van der Waals surface area contributed by atoms with Crippen LogP contribution in [0.5, 0.6) is 5.75 Å². The summed E-state index contributed by atoms with van der Waals surface area (Å²) < 4.78 is 23.4. The van der Waals surface area contributed by atoms with E-state index in [0.717, 1.165) is 108 Å². The first-order valence-electron chi connectivity index (χ1n) is 29.5. The van der Waals surface area contributed by atoms with Gasteiger partial charge in [-0.2, -0.15) is 11.8 Å². The van der Waals surface area contributed by atoms with Crippen molar-refractivity contribution in [1.29, 1.82) is 0 Å². The van der Waals surface area contributed by atoms with Crippen LogP contribution in [0.1, 0.15) is 93.1 Å². The molecule has 21 nitrogen and oxygen atoms in total. The molecular formula is C60H82N10O11S2. The maximum atomic E-state index is 13.2. The first-order valence-corrected chi connectivity index (χ1v) is 31.3. The van der Waals surface area contributed by atoms with E-state index in [1.54, 1.807) is 35.6 Å². The minimum Gasteiger partial charge on any atom is -0.508 e. The number of rotatable bonds is 35. The quantitative estimate of drug-likeness (QED) is 0.0187. The van der Waals surface area contributed by atoms with Crippen LogP contribution < -0.4 is 31.5 Å². The molecular weight excluding hydrogens is 1100 g/mol. The lowest BCUT2D eigenvalue weighted by atomic mass is 10.0. The number of aromatic nitrogens is 2. The van der Waals surface area contributed by atoms with Gasteiger partial charge < -0.3 is 60.4 Å². The van der Waals surface area contributed by atoms with Gasteiger partial charge in [0.25, 0.3) is 0 Å². The van der Waals surface area contributed by atoms with E-state index in [4.69, 9.17) is 28.9 Å². The number of benzene rings is 2. The molecule has 6 amide bonds. The highest BCUT2D eigenvalue weighted by molar-refractivity contribution is 8.00. The Balaban J connectivity index is 0.582. The summed E-state index contributed by atoms with van der Waals surface area (Å²) in [6.45, 7) is 10.4. The Hall–Kier alpha value is -6.21. The number of nitrogens with one attached hydrogen (secondary N) is 5. The largest absolute Gasteiger partial charge is 0.508 e. The number of piperazine rings is 1. The number of urea groups is 1. The van der Waals surface area contributed by atoms with E-state index in [9.17, 15) is 33.9 Å². The Labute approximate surface area is 494 Å². The van der Waals surface area contributed by atoms with Crippen molar-refractivity contribution in [2.24, 2.45) is 0 Å². The second-order valence-corrected chi connectivity index (χ2v) is 23.7. The van der Waals surface area contributed by atoms with E-state index >= 15 is 0 Å². The van der Waals surface area contributed by atoms with E-state index in [2.05, 4.69) is 42.5 Å². The topological polar surface area (TPSA) is 255 Å². The van der Waals surface area contributed by atoms with Gasteiger partial charge in [0, 0.05) is 132 Å². The van der Waals surface area contributed by atoms with E-state index < -0.39 is 0 Å². The zero-order valence-electron chi connectivity index (χ0n) is 47.6. The van der Waals surface area contributed by atoms with Gasteiger partial charge in [0.05, 0.1) is 61.9 Å². The third-order valence-electron chi connectivity index (χ3n) is 14.9. The van der Waals surface area contributed by atoms with Crippen molar-refractivity contribution in [2.75, 3.05) is 116 Å². The molecule has 0 aliphatic carbocycles. The predicted molar refractivity (Wildman–Crippen MR) is 321 cm³/mol. The average Bonchev–Trinajstić information content (AvgIpc) is 3.95. The van der Waals surface area contributed by atoms with E-state index in [1.165, 1.54) is 6.08 Å². The fraction of sp³-hybridized carbons (Fsp3) is 0.567. The molecule has 6 N–H and O–H groups in total. The number of amides is 6. The highest BCUT2D eigenvalue weighted by Crippen LogP contribution is 2.36. The first-order chi connectivity index (χ1) is 40.5. The zero-order valence-corrected chi connectivity index (χ0v) is 49.2.